The number of rotatable bonds is 9. The lowest BCUT2D eigenvalue weighted by molar-refractivity contribution is -0.107. The van der Waals surface area contributed by atoms with Gasteiger partial charge in [0.15, 0.2) is 0 Å². The lowest BCUT2D eigenvalue weighted by atomic mass is 10.1. The predicted octanol–water partition coefficient (Wildman–Crippen LogP) is 3.67. The average molecular weight is 202 g/mol. The molecule has 0 aliphatic rings. The molecular formula is C11H22OS. The van der Waals surface area contributed by atoms with Gasteiger partial charge in [-0.25, -0.2) is 0 Å². The van der Waals surface area contributed by atoms with E-state index in [0.717, 1.165) is 12.7 Å². The molecule has 0 aromatic carbocycles. The van der Waals surface area contributed by atoms with Crippen molar-refractivity contribution in [3.05, 3.63) is 0 Å². The lowest BCUT2D eigenvalue weighted by Gasteiger charge is -2.12. The van der Waals surface area contributed by atoms with Crippen LogP contribution in [0.15, 0.2) is 0 Å². The van der Waals surface area contributed by atoms with Gasteiger partial charge in [0.1, 0.15) is 6.29 Å². The Hall–Kier alpha value is 0.0200. The maximum Gasteiger partial charge on any atom is 0.121 e. The second kappa shape index (κ2) is 10.1. The highest BCUT2D eigenvalue weighted by atomic mass is 32.2. The lowest BCUT2D eigenvalue weighted by Crippen LogP contribution is -2.04. The van der Waals surface area contributed by atoms with Crippen molar-refractivity contribution in [2.75, 3.05) is 5.75 Å². The summed E-state index contributed by atoms with van der Waals surface area (Å²) in [5.41, 5.74) is 0. The van der Waals surface area contributed by atoms with E-state index in [-0.39, 0.29) is 0 Å². The maximum atomic E-state index is 10.4. The molecule has 0 saturated carbocycles. The summed E-state index contributed by atoms with van der Waals surface area (Å²) >= 11 is 1.97. The first-order valence-corrected chi connectivity index (χ1v) is 6.45. The summed E-state index contributed by atoms with van der Waals surface area (Å²) in [7, 11) is 0. The average Bonchev–Trinajstić information content (AvgIpc) is 2.14. The minimum Gasteiger partial charge on any atom is -0.303 e. The van der Waals surface area contributed by atoms with Crippen molar-refractivity contribution in [1.82, 2.24) is 0 Å². The van der Waals surface area contributed by atoms with Gasteiger partial charge >= 0.3 is 0 Å². The minimum absolute atomic E-state index is 0.587. The molecule has 0 N–H and O–H groups in total. The van der Waals surface area contributed by atoms with Gasteiger partial charge in [-0.2, -0.15) is 11.8 Å². The zero-order valence-corrected chi connectivity index (χ0v) is 9.74. The van der Waals surface area contributed by atoms with Crippen LogP contribution in [-0.2, 0) is 4.79 Å². The number of thioether (sulfide) groups is 1. The molecule has 0 bridgehead atoms. The highest BCUT2D eigenvalue weighted by Gasteiger charge is 2.06. The van der Waals surface area contributed by atoms with Crippen molar-refractivity contribution >= 4 is 18.0 Å². The highest BCUT2D eigenvalue weighted by Crippen LogP contribution is 2.20. The third-order valence-electron chi connectivity index (χ3n) is 2.05. The minimum atomic E-state index is 0.587. The van der Waals surface area contributed by atoms with Crippen LogP contribution in [0.4, 0.5) is 0 Å². The van der Waals surface area contributed by atoms with Crippen molar-refractivity contribution in [2.24, 2.45) is 0 Å². The summed E-state index contributed by atoms with van der Waals surface area (Å²) in [6.45, 7) is 4.41. The molecule has 78 valence electrons. The molecule has 13 heavy (non-hydrogen) atoms. The van der Waals surface area contributed by atoms with Crippen molar-refractivity contribution in [3.63, 3.8) is 0 Å². The van der Waals surface area contributed by atoms with E-state index < -0.39 is 0 Å². The SMILES string of the molecule is CCCCCC(CC=O)SCCC. The Morgan fingerprint density at radius 3 is 2.54 bits per heavy atom. The zero-order chi connectivity index (χ0) is 9.94. The van der Waals surface area contributed by atoms with E-state index in [0.29, 0.717) is 5.25 Å². The Morgan fingerprint density at radius 2 is 2.00 bits per heavy atom. The summed E-state index contributed by atoms with van der Waals surface area (Å²) in [6.07, 6.45) is 8.11. The molecule has 0 aliphatic heterocycles. The second-order valence-corrected chi connectivity index (χ2v) is 4.80. The summed E-state index contributed by atoms with van der Waals surface area (Å²) in [5, 5.41) is 0.587. The molecule has 0 aromatic rings. The van der Waals surface area contributed by atoms with Crippen LogP contribution < -0.4 is 0 Å². The van der Waals surface area contributed by atoms with Crippen molar-refractivity contribution in [1.29, 1.82) is 0 Å². The first-order valence-electron chi connectivity index (χ1n) is 5.40. The van der Waals surface area contributed by atoms with Gasteiger partial charge in [-0.1, -0.05) is 33.1 Å². The van der Waals surface area contributed by atoms with Crippen LogP contribution >= 0.6 is 11.8 Å². The molecule has 0 spiro atoms. The highest BCUT2D eigenvalue weighted by molar-refractivity contribution is 7.99. The Labute approximate surface area is 86.7 Å². The molecule has 0 heterocycles. The summed E-state index contributed by atoms with van der Waals surface area (Å²) in [6, 6.07) is 0. The number of hydrogen-bond acceptors (Lipinski definition) is 2. The van der Waals surface area contributed by atoms with Gasteiger partial charge in [0.25, 0.3) is 0 Å². The Bertz CT molecular complexity index is 115. The third kappa shape index (κ3) is 8.35. The van der Waals surface area contributed by atoms with Crippen LogP contribution in [0, 0.1) is 0 Å². The first kappa shape index (κ1) is 13.0. The van der Waals surface area contributed by atoms with Crippen LogP contribution in [0.2, 0.25) is 0 Å². The van der Waals surface area contributed by atoms with Gasteiger partial charge < -0.3 is 4.79 Å². The molecule has 0 radical (unpaired) electrons. The second-order valence-electron chi connectivity index (χ2n) is 3.39. The van der Waals surface area contributed by atoms with Crippen LogP contribution in [0.25, 0.3) is 0 Å². The smallest absolute Gasteiger partial charge is 0.121 e. The predicted molar refractivity (Wildman–Crippen MR) is 61.4 cm³/mol. The molecule has 1 atom stereocenters. The first-order chi connectivity index (χ1) is 6.35. The van der Waals surface area contributed by atoms with Crippen LogP contribution in [0.1, 0.15) is 52.4 Å². The van der Waals surface area contributed by atoms with E-state index in [9.17, 15) is 4.79 Å². The summed E-state index contributed by atoms with van der Waals surface area (Å²) < 4.78 is 0. The van der Waals surface area contributed by atoms with E-state index in [1.165, 1.54) is 37.9 Å². The van der Waals surface area contributed by atoms with Gasteiger partial charge in [0.2, 0.25) is 0 Å². The molecule has 1 unspecified atom stereocenters. The van der Waals surface area contributed by atoms with Gasteiger partial charge in [-0.05, 0) is 18.6 Å². The molecule has 0 fully saturated rings. The molecule has 2 heteroatoms. The fourth-order valence-electron chi connectivity index (χ4n) is 1.28. The van der Waals surface area contributed by atoms with E-state index in [2.05, 4.69) is 13.8 Å². The van der Waals surface area contributed by atoms with Crippen molar-refractivity contribution < 1.29 is 4.79 Å². The number of unbranched alkanes of at least 4 members (excludes halogenated alkanes) is 2. The third-order valence-corrected chi connectivity index (χ3v) is 3.59. The van der Waals surface area contributed by atoms with E-state index in [1.807, 2.05) is 11.8 Å². The monoisotopic (exact) mass is 202 g/mol. The number of hydrogen-bond donors (Lipinski definition) is 0. The standard InChI is InChI=1S/C11H22OS/c1-3-5-6-7-11(8-9-12)13-10-4-2/h9,11H,3-8,10H2,1-2H3. The largest absolute Gasteiger partial charge is 0.303 e. The molecular weight excluding hydrogens is 180 g/mol. The van der Waals surface area contributed by atoms with E-state index in [4.69, 9.17) is 0 Å². The van der Waals surface area contributed by atoms with Gasteiger partial charge in [-0.15, -0.1) is 0 Å². The van der Waals surface area contributed by atoms with Crippen LogP contribution in [0.3, 0.4) is 0 Å². The summed E-state index contributed by atoms with van der Waals surface area (Å²) in [5.74, 6) is 1.20. The fourth-order valence-corrected chi connectivity index (χ4v) is 2.40. The molecule has 0 amide bonds. The number of aldehydes is 1. The molecule has 0 saturated heterocycles. The van der Waals surface area contributed by atoms with Gasteiger partial charge in [-0.3, -0.25) is 0 Å². The fraction of sp³-hybridized carbons (Fsp3) is 0.909. The van der Waals surface area contributed by atoms with E-state index in [1.54, 1.807) is 0 Å². The van der Waals surface area contributed by atoms with Crippen molar-refractivity contribution in [3.8, 4) is 0 Å². The maximum absolute atomic E-state index is 10.4. The molecule has 0 aliphatic carbocycles. The quantitative estimate of drug-likeness (QED) is 0.419. The van der Waals surface area contributed by atoms with Crippen molar-refractivity contribution in [2.45, 2.75) is 57.6 Å². The van der Waals surface area contributed by atoms with Gasteiger partial charge in [0.05, 0.1) is 0 Å². The Balaban J connectivity index is 3.47. The Kier molecular flexibility index (Phi) is 10.1. The topological polar surface area (TPSA) is 17.1 Å². The Morgan fingerprint density at radius 1 is 1.23 bits per heavy atom. The number of carbonyl (C=O) groups is 1. The summed E-state index contributed by atoms with van der Waals surface area (Å²) in [4.78, 5) is 10.4. The zero-order valence-electron chi connectivity index (χ0n) is 8.92. The van der Waals surface area contributed by atoms with Crippen LogP contribution in [0.5, 0.6) is 0 Å². The number of carbonyl (C=O) groups excluding carboxylic acids is 1. The molecule has 1 nitrogen and oxygen atoms in total. The molecule has 0 aromatic heterocycles. The normalized spacial score (nSPS) is 12.8. The van der Waals surface area contributed by atoms with E-state index >= 15 is 0 Å². The van der Waals surface area contributed by atoms with Gasteiger partial charge in [0, 0.05) is 11.7 Å². The molecule has 0 rings (SSSR count). The van der Waals surface area contributed by atoms with Crippen LogP contribution in [-0.4, -0.2) is 17.3 Å².